The molecule has 0 bridgehead atoms. The Morgan fingerprint density at radius 2 is 1.51 bits per heavy atom. The number of unbranched alkanes of at least 4 members (excludes halogenated alkanes) is 2. The minimum absolute atomic E-state index is 0.686. The van der Waals surface area contributed by atoms with Crippen molar-refractivity contribution in [2.75, 3.05) is 18.0 Å². The summed E-state index contributed by atoms with van der Waals surface area (Å²) in [4.78, 5) is 16.1. The molecule has 4 rings (SSSR count). The molecule has 0 saturated carbocycles. The second-order valence-electron chi connectivity index (χ2n) is 8.75. The fourth-order valence-electron chi connectivity index (χ4n) is 3.00. The molecule has 0 spiro atoms. The molecule has 4 heterocycles. The molecule has 0 aliphatic carbocycles. The quantitative estimate of drug-likeness (QED) is 0.372. The standard InChI is InChI=1S/C19H22N6.2C4H10.C2H6/c1-12-8-16(21-18(9-12)24-6-5-7-24)13(2)10-17-22-19-15(4)20-11-14(3)25(19)23-17;2*1-3-4-2;1-2/h8-11H,5-7H2,1-4H3;2*3-4H2,1-2H3;1-2H3/b13-10+;;;. The molecule has 1 fully saturated rings. The third kappa shape index (κ3) is 9.08. The Balaban J connectivity index is 0.000000529. The zero-order valence-corrected chi connectivity index (χ0v) is 23.9. The molecule has 3 aromatic heterocycles. The Hall–Kier alpha value is -2.76. The van der Waals surface area contributed by atoms with E-state index in [9.17, 15) is 0 Å². The van der Waals surface area contributed by atoms with Gasteiger partial charge in [-0.2, -0.15) is 0 Å². The zero-order valence-electron chi connectivity index (χ0n) is 23.9. The highest BCUT2D eigenvalue weighted by Crippen LogP contribution is 2.24. The van der Waals surface area contributed by atoms with Crippen molar-refractivity contribution in [3.05, 3.63) is 46.8 Å². The van der Waals surface area contributed by atoms with Gasteiger partial charge in [0.2, 0.25) is 0 Å². The van der Waals surface area contributed by atoms with E-state index in [1.807, 2.05) is 44.5 Å². The average molecular weight is 481 g/mol. The molecular formula is C29H48N6. The van der Waals surface area contributed by atoms with Crippen LogP contribution in [-0.2, 0) is 0 Å². The van der Waals surface area contributed by atoms with Gasteiger partial charge < -0.3 is 4.90 Å². The Kier molecular flexibility index (Phi) is 13.8. The van der Waals surface area contributed by atoms with Gasteiger partial charge in [-0.1, -0.05) is 67.2 Å². The summed E-state index contributed by atoms with van der Waals surface area (Å²) in [5.41, 5.74) is 5.91. The van der Waals surface area contributed by atoms with Gasteiger partial charge in [-0.25, -0.2) is 14.5 Å². The van der Waals surface area contributed by atoms with Gasteiger partial charge in [0, 0.05) is 19.3 Å². The van der Waals surface area contributed by atoms with Crippen molar-refractivity contribution in [1.82, 2.24) is 24.6 Å². The molecule has 194 valence electrons. The Labute approximate surface area is 213 Å². The minimum Gasteiger partial charge on any atom is -0.356 e. The summed E-state index contributed by atoms with van der Waals surface area (Å²) < 4.78 is 1.84. The highest BCUT2D eigenvalue weighted by molar-refractivity contribution is 5.78. The third-order valence-corrected chi connectivity index (χ3v) is 5.61. The van der Waals surface area contributed by atoms with E-state index in [0.29, 0.717) is 5.82 Å². The number of nitrogens with zero attached hydrogens (tertiary/aromatic N) is 6. The first-order valence-electron chi connectivity index (χ1n) is 13.5. The second-order valence-corrected chi connectivity index (χ2v) is 8.75. The fourth-order valence-corrected chi connectivity index (χ4v) is 3.00. The molecule has 0 atom stereocenters. The Morgan fingerprint density at radius 1 is 0.914 bits per heavy atom. The Bertz CT molecular complexity index is 1000. The summed E-state index contributed by atoms with van der Waals surface area (Å²) in [5, 5.41) is 4.60. The van der Waals surface area contributed by atoms with E-state index in [4.69, 9.17) is 4.98 Å². The van der Waals surface area contributed by atoms with Crippen LogP contribution >= 0.6 is 0 Å². The van der Waals surface area contributed by atoms with Gasteiger partial charge >= 0.3 is 0 Å². The topological polar surface area (TPSA) is 59.2 Å². The van der Waals surface area contributed by atoms with Crippen molar-refractivity contribution in [3.63, 3.8) is 0 Å². The molecule has 1 saturated heterocycles. The number of aromatic nitrogens is 5. The van der Waals surface area contributed by atoms with Crippen LogP contribution in [-0.4, -0.2) is 37.7 Å². The molecule has 0 amide bonds. The summed E-state index contributed by atoms with van der Waals surface area (Å²) in [6.07, 6.45) is 10.3. The number of hydrogen-bond acceptors (Lipinski definition) is 5. The van der Waals surface area contributed by atoms with Crippen molar-refractivity contribution in [1.29, 1.82) is 0 Å². The molecule has 1 aliphatic heterocycles. The van der Waals surface area contributed by atoms with Crippen LogP contribution in [0.15, 0.2) is 18.3 Å². The number of allylic oxidation sites excluding steroid dienone is 1. The van der Waals surface area contributed by atoms with Gasteiger partial charge in [-0.15, -0.1) is 5.10 Å². The van der Waals surface area contributed by atoms with Crippen LogP contribution in [0.4, 0.5) is 5.82 Å². The molecule has 0 N–H and O–H groups in total. The molecule has 6 heteroatoms. The number of hydrogen-bond donors (Lipinski definition) is 0. The van der Waals surface area contributed by atoms with E-state index >= 15 is 0 Å². The van der Waals surface area contributed by atoms with E-state index in [0.717, 1.165) is 47.2 Å². The summed E-state index contributed by atoms with van der Waals surface area (Å²) >= 11 is 0. The van der Waals surface area contributed by atoms with Crippen LogP contribution in [0.5, 0.6) is 0 Å². The van der Waals surface area contributed by atoms with Crippen LogP contribution in [0.1, 0.15) is 109 Å². The lowest BCUT2D eigenvalue weighted by Gasteiger charge is -2.32. The van der Waals surface area contributed by atoms with E-state index in [1.165, 1.54) is 37.7 Å². The average Bonchev–Trinajstić information content (AvgIpc) is 3.27. The van der Waals surface area contributed by atoms with Gasteiger partial charge in [0.05, 0.1) is 17.1 Å². The van der Waals surface area contributed by atoms with Crippen molar-refractivity contribution in [3.8, 4) is 0 Å². The normalized spacial score (nSPS) is 12.5. The maximum Gasteiger partial charge on any atom is 0.177 e. The molecule has 3 aromatic rings. The zero-order chi connectivity index (χ0) is 26.4. The maximum atomic E-state index is 4.82. The molecule has 0 radical (unpaired) electrons. The number of pyridine rings is 1. The molecule has 1 aliphatic rings. The predicted molar refractivity (Wildman–Crippen MR) is 152 cm³/mol. The number of fused-ring (bicyclic) bond motifs is 1. The smallest absolute Gasteiger partial charge is 0.177 e. The van der Waals surface area contributed by atoms with Crippen molar-refractivity contribution >= 4 is 23.1 Å². The first-order valence-corrected chi connectivity index (χ1v) is 13.5. The third-order valence-electron chi connectivity index (χ3n) is 5.61. The summed E-state index contributed by atoms with van der Waals surface area (Å²) in [7, 11) is 0. The van der Waals surface area contributed by atoms with Crippen molar-refractivity contribution < 1.29 is 0 Å². The van der Waals surface area contributed by atoms with E-state index in [-0.39, 0.29) is 0 Å². The van der Waals surface area contributed by atoms with E-state index < -0.39 is 0 Å². The molecular weight excluding hydrogens is 432 g/mol. The summed E-state index contributed by atoms with van der Waals surface area (Å²) in [6, 6.07) is 4.26. The van der Waals surface area contributed by atoms with Crippen molar-refractivity contribution in [2.45, 2.75) is 101 Å². The van der Waals surface area contributed by atoms with Crippen LogP contribution in [0.25, 0.3) is 17.3 Å². The largest absolute Gasteiger partial charge is 0.356 e. The molecule has 0 unspecified atom stereocenters. The summed E-state index contributed by atoms with van der Waals surface area (Å²) in [6.45, 7) is 23.0. The van der Waals surface area contributed by atoms with Gasteiger partial charge in [0.1, 0.15) is 5.82 Å². The van der Waals surface area contributed by atoms with Crippen LogP contribution < -0.4 is 4.90 Å². The predicted octanol–water partition coefficient (Wildman–Crippen LogP) is 7.85. The number of aryl methyl sites for hydroxylation is 3. The van der Waals surface area contributed by atoms with E-state index in [2.05, 4.69) is 73.6 Å². The first kappa shape index (κ1) is 30.3. The van der Waals surface area contributed by atoms with E-state index in [1.54, 1.807) is 0 Å². The lowest BCUT2D eigenvalue weighted by molar-refractivity contribution is 0.609. The molecule has 0 aromatic carbocycles. The SMILES string of the molecule is C/C(=C\c1nc2c(C)ncc(C)n2n1)c1cc(C)cc(N2CCC2)n1.CC.CCCC.CCCC. The lowest BCUT2D eigenvalue weighted by atomic mass is 10.1. The van der Waals surface area contributed by atoms with Gasteiger partial charge in [-0.3, -0.25) is 4.98 Å². The first-order chi connectivity index (χ1) is 16.8. The Morgan fingerprint density at radius 3 is 2.00 bits per heavy atom. The highest BCUT2D eigenvalue weighted by Gasteiger charge is 2.17. The monoisotopic (exact) mass is 480 g/mol. The van der Waals surface area contributed by atoms with Crippen LogP contribution in [0.3, 0.4) is 0 Å². The minimum atomic E-state index is 0.686. The van der Waals surface area contributed by atoms with Crippen molar-refractivity contribution in [2.24, 2.45) is 0 Å². The van der Waals surface area contributed by atoms with Gasteiger partial charge in [0.15, 0.2) is 11.5 Å². The van der Waals surface area contributed by atoms with Crippen LogP contribution in [0.2, 0.25) is 0 Å². The summed E-state index contributed by atoms with van der Waals surface area (Å²) in [5.74, 6) is 1.75. The molecule has 6 nitrogen and oxygen atoms in total. The fraction of sp³-hybridized carbons (Fsp3) is 0.586. The van der Waals surface area contributed by atoms with Gasteiger partial charge in [0.25, 0.3) is 0 Å². The number of anilines is 1. The lowest BCUT2D eigenvalue weighted by Crippen LogP contribution is -2.37. The van der Waals surface area contributed by atoms with Crippen LogP contribution in [0, 0.1) is 20.8 Å². The maximum absolute atomic E-state index is 4.82. The highest BCUT2D eigenvalue weighted by atomic mass is 15.3. The second kappa shape index (κ2) is 16.0. The number of rotatable bonds is 5. The molecule has 35 heavy (non-hydrogen) atoms. The van der Waals surface area contributed by atoms with Gasteiger partial charge in [-0.05, 0) is 63.5 Å².